The number of aromatic nitrogens is 2. The van der Waals surface area contributed by atoms with Gasteiger partial charge in [0.2, 0.25) is 0 Å². The molecule has 0 bridgehead atoms. The molecular weight excluding hydrogens is 351 g/mol. The largest absolute Gasteiger partial charge is 0.477 e. The molecule has 2 rings (SSSR count). The van der Waals surface area contributed by atoms with Crippen LogP contribution in [0.2, 0.25) is 0 Å². The van der Waals surface area contributed by atoms with Gasteiger partial charge in [0, 0.05) is 21.3 Å². The second kappa shape index (κ2) is 5.18. The van der Waals surface area contributed by atoms with Gasteiger partial charge in [-0.25, -0.2) is 9.78 Å². The third-order valence-corrected chi connectivity index (χ3v) is 3.96. The topological polar surface area (TPSA) is 55.1 Å². The highest BCUT2D eigenvalue weighted by atomic mass is 127. The summed E-state index contributed by atoms with van der Waals surface area (Å²) in [6.07, 6.45) is 4.43. The van der Waals surface area contributed by atoms with Gasteiger partial charge in [-0.1, -0.05) is 6.92 Å². The summed E-state index contributed by atoms with van der Waals surface area (Å²) in [6.45, 7) is 2.03. The SMILES string of the molecule is CCC(c1nccs1)n1cc(I)cc1C(=O)O. The monoisotopic (exact) mass is 362 g/mol. The molecule has 0 aliphatic heterocycles. The van der Waals surface area contributed by atoms with Crippen LogP contribution in [-0.4, -0.2) is 20.6 Å². The Morgan fingerprint density at radius 1 is 1.71 bits per heavy atom. The summed E-state index contributed by atoms with van der Waals surface area (Å²) in [6, 6.07) is 1.68. The Morgan fingerprint density at radius 2 is 2.47 bits per heavy atom. The number of halogens is 1. The summed E-state index contributed by atoms with van der Waals surface area (Å²) < 4.78 is 2.72. The fraction of sp³-hybridized carbons (Fsp3) is 0.273. The molecule has 0 radical (unpaired) electrons. The van der Waals surface area contributed by atoms with Crippen LogP contribution in [0.15, 0.2) is 23.8 Å². The molecule has 17 heavy (non-hydrogen) atoms. The minimum absolute atomic E-state index is 0.00427. The van der Waals surface area contributed by atoms with Crippen LogP contribution < -0.4 is 0 Å². The maximum absolute atomic E-state index is 11.2. The fourth-order valence-electron chi connectivity index (χ4n) is 1.76. The zero-order valence-electron chi connectivity index (χ0n) is 9.13. The van der Waals surface area contributed by atoms with Gasteiger partial charge in [0.1, 0.15) is 10.7 Å². The highest BCUT2D eigenvalue weighted by Gasteiger charge is 2.20. The highest BCUT2D eigenvalue weighted by Crippen LogP contribution is 2.27. The predicted octanol–water partition coefficient (Wildman–Crippen LogP) is 3.25. The second-order valence-corrected chi connectivity index (χ2v) is 5.72. The van der Waals surface area contributed by atoms with Gasteiger partial charge in [-0.05, 0) is 35.1 Å². The van der Waals surface area contributed by atoms with E-state index < -0.39 is 5.97 Å². The molecule has 0 aliphatic rings. The number of carboxylic acids is 1. The first kappa shape index (κ1) is 12.6. The first-order valence-corrected chi connectivity index (χ1v) is 7.09. The van der Waals surface area contributed by atoms with Gasteiger partial charge in [0.15, 0.2) is 0 Å². The lowest BCUT2D eigenvalue weighted by atomic mass is 10.2. The molecule has 4 nitrogen and oxygen atoms in total. The van der Waals surface area contributed by atoms with Crippen molar-refractivity contribution in [2.45, 2.75) is 19.4 Å². The van der Waals surface area contributed by atoms with Crippen molar-refractivity contribution in [3.8, 4) is 0 Å². The van der Waals surface area contributed by atoms with Crippen LogP contribution in [0.4, 0.5) is 0 Å². The van der Waals surface area contributed by atoms with Crippen molar-refractivity contribution in [2.24, 2.45) is 0 Å². The van der Waals surface area contributed by atoms with Crippen molar-refractivity contribution in [2.75, 3.05) is 0 Å². The van der Waals surface area contributed by atoms with Gasteiger partial charge in [0.25, 0.3) is 0 Å². The van der Waals surface area contributed by atoms with Crippen molar-refractivity contribution in [1.82, 2.24) is 9.55 Å². The molecule has 0 saturated heterocycles. The molecule has 2 aromatic heterocycles. The van der Waals surface area contributed by atoms with E-state index >= 15 is 0 Å². The van der Waals surface area contributed by atoms with Gasteiger partial charge in [-0.2, -0.15) is 0 Å². The quantitative estimate of drug-likeness (QED) is 0.850. The zero-order valence-corrected chi connectivity index (χ0v) is 12.1. The normalized spacial score (nSPS) is 12.6. The molecule has 1 N–H and O–H groups in total. The van der Waals surface area contributed by atoms with Crippen LogP contribution in [0.3, 0.4) is 0 Å². The lowest BCUT2D eigenvalue weighted by Crippen LogP contribution is -2.14. The number of hydrogen-bond donors (Lipinski definition) is 1. The van der Waals surface area contributed by atoms with Crippen LogP contribution in [0, 0.1) is 3.57 Å². The number of carbonyl (C=O) groups is 1. The van der Waals surface area contributed by atoms with Gasteiger partial charge in [-0.3, -0.25) is 0 Å². The maximum atomic E-state index is 11.2. The molecule has 0 amide bonds. The average Bonchev–Trinajstić information content (AvgIpc) is 2.89. The van der Waals surface area contributed by atoms with Crippen molar-refractivity contribution >= 4 is 39.9 Å². The van der Waals surface area contributed by atoms with E-state index in [9.17, 15) is 9.90 Å². The van der Waals surface area contributed by atoms with E-state index in [4.69, 9.17) is 0 Å². The molecule has 90 valence electrons. The first-order chi connectivity index (χ1) is 8.13. The molecule has 1 atom stereocenters. The number of rotatable bonds is 4. The van der Waals surface area contributed by atoms with Crippen molar-refractivity contribution in [3.63, 3.8) is 0 Å². The average molecular weight is 362 g/mol. The molecule has 2 aromatic rings. The number of thiazole rings is 1. The first-order valence-electron chi connectivity index (χ1n) is 5.13. The number of aromatic carboxylic acids is 1. The highest BCUT2D eigenvalue weighted by molar-refractivity contribution is 14.1. The van der Waals surface area contributed by atoms with Gasteiger partial charge < -0.3 is 9.67 Å². The molecular formula is C11H11IN2O2S. The van der Waals surface area contributed by atoms with E-state index in [0.29, 0.717) is 5.69 Å². The van der Waals surface area contributed by atoms with E-state index in [1.165, 1.54) is 0 Å². The molecule has 1 unspecified atom stereocenters. The summed E-state index contributed by atoms with van der Waals surface area (Å²) in [7, 11) is 0. The van der Waals surface area contributed by atoms with Crippen LogP contribution in [0.25, 0.3) is 0 Å². The summed E-state index contributed by atoms with van der Waals surface area (Å²) in [5.41, 5.74) is 0.316. The fourth-order valence-corrected chi connectivity index (χ4v) is 3.18. The number of nitrogens with zero attached hydrogens (tertiary/aromatic N) is 2. The van der Waals surface area contributed by atoms with Crippen LogP contribution in [0.1, 0.15) is 34.9 Å². The summed E-state index contributed by atoms with van der Waals surface area (Å²) >= 11 is 3.68. The lowest BCUT2D eigenvalue weighted by Gasteiger charge is -2.16. The minimum atomic E-state index is -0.900. The molecule has 0 spiro atoms. The van der Waals surface area contributed by atoms with Crippen molar-refractivity contribution < 1.29 is 9.90 Å². The van der Waals surface area contributed by atoms with Gasteiger partial charge in [0.05, 0.1) is 6.04 Å². The molecule has 0 aromatic carbocycles. The van der Waals surface area contributed by atoms with E-state index in [2.05, 4.69) is 27.6 Å². The van der Waals surface area contributed by atoms with Gasteiger partial charge >= 0.3 is 5.97 Å². The van der Waals surface area contributed by atoms with Crippen LogP contribution in [-0.2, 0) is 0 Å². The lowest BCUT2D eigenvalue weighted by molar-refractivity contribution is 0.0683. The Hall–Kier alpha value is -0.890. The van der Waals surface area contributed by atoms with Crippen molar-refractivity contribution in [3.05, 3.63) is 38.1 Å². The number of hydrogen-bond acceptors (Lipinski definition) is 3. The maximum Gasteiger partial charge on any atom is 0.352 e. The van der Waals surface area contributed by atoms with Gasteiger partial charge in [-0.15, -0.1) is 11.3 Å². The second-order valence-electron chi connectivity index (χ2n) is 3.55. The Kier molecular flexibility index (Phi) is 3.82. The molecule has 0 saturated carbocycles. The van der Waals surface area contributed by atoms with E-state index in [1.807, 2.05) is 18.5 Å². The number of carboxylic acid groups (broad SMARTS) is 1. The summed E-state index contributed by atoms with van der Waals surface area (Å²) in [4.78, 5) is 15.5. The Balaban J connectivity index is 2.47. The van der Waals surface area contributed by atoms with E-state index in [0.717, 1.165) is 15.0 Å². The molecule has 6 heteroatoms. The third kappa shape index (κ3) is 2.52. The van der Waals surface area contributed by atoms with E-state index in [-0.39, 0.29) is 6.04 Å². The van der Waals surface area contributed by atoms with Crippen LogP contribution >= 0.6 is 33.9 Å². The Morgan fingerprint density at radius 3 is 3.00 bits per heavy atom. The molecule has 0 fully saturated rings. The Labute approximate surface area is 116 Å². The standard InChI is InChI=1S/C11H11IN2O2S/c1-2-8(10-13-3-4-17-10)14-6-7(12)5-9(14)11(15)16/h3-6,8H,2H2,1H3,(H,15,16). The Bertz CT molecular complexity index is 522. The molecule has 0 aliphatic carbocycles. The van der Waals surface area contributed by atoms with E-state index in [1.54, 1.807) is 28.2 Å². The summed E-state index contributed by atoms with van der Waals surface area (Å²) in [5, 5.41) is 12.0. The summed E-state index contributed by atoms with van der Waals surface area (Å²) in [5.74, 6) is -0.900. The smallest absolute Gasteiger partial charge is 0.352 e. The minimum Gasteiger partial charge on any atom is -0.477 e. The third-order valence-electron chi connectivity index (χ3n) is 2.49. The van der Waals surface area contributed by atoms with Crippen LogP contribution in [0.5, 0.6) is 0 Å². The van der Waals surface area contributed by atoms with Crippen molar-refractivity contribution in [1.29, 1.82) is 0 Å². The molecule has 2 heterocycles. The zero-order chi connectivity index (χ0) is 12.4. The predicted molar refractivity (Wildman–Crippen MR) is 74.7 cm³/mol.